The summed E-state index contributed by atoms with van der Waals surface area (Å²) in [4.78, 5) is 34.1. The molecule has 1 aromatic heterocycles. The lowest BCUT2D eigenvalue weighted by molar-refractivity contribution is -0.402. The predicted molar refractivity (Wildman–Crippen MR) is 67.0 cm³/mol. The van der Waals surface area contributed by atoms with Gasteiger partial charge in [0.25, 0.3) is 5.91 Å². The number of nitro groups is 1. The van der Waals surface area contributed by atoms with Crippen molar-refractivity contribution in [3.63, 3.8) is 0 Å². The lowest BCUT2D eigenvalue weighted by atomic mass is 10.4. The second kappa shape index (κ2) is 5.83. The van der Waals surface area contributed by atoms with E-state index in [0.717, 1.165) is 22.2 Å². The van der Waals surface area contributed by atoms with Gasteiger partial charge in [0, 0.05) is 6.54 Å². The maximum absolute atomic E-state index is 11.8. The fourth-order valence-corrected chi connectivity index (χ4v) is 1.64. The number of imide groups is 1. The highest BCUT2D eigenvalue weighted by Crippen LogP contribution is 2.15. The normalized spacial score (nSPS) is 15.0. The predicted octanol–water partition coefficient (Wildman–Crippen LogP) is 0.700. The first kappa shape index (κ1) is 14.2. The van der Waals surface area contributed by atoms with E-state index in [1.54, 1.807) is 0 Å². The molecule has 0 unspecified atom stereocenters. The molecule has 2 heterocycles. The fraction of sp³-hybridized carbons (Fsp3) is 0.273. The minimum Gasteiger partial charge on any atom is -0.400 e. The van der Waals surface area contributed by atoms with Crippen molar-refractivity contribution in [2.45, 2.75) is 6.42 Å². The van der Waals surface area contributed by atoms with Gasteiger partial charge in [0.05, 0.1) is 24.8 Å². The third-order valence-electron chi connectivity index (χ3n) is 2.60. The van der Waals surface area contributed by atoms with Crippen molar-refractivity contribution in [1.29, 1.82) is 5.26 Å². The number of hydrogen-bond acceptors (Lipinski definition) is 7. The molecule has 0 bridgehead atoms. The largest absolute Gasteiger partial charge is 0.433 e. The molecule has 21 heavy (non-hydrogen) atoms. The van der Waals surface area contributed by atoms with E-state index < -0.39 is 22.7 Å². The Morgan fingerprint density at radius 1 is 1.52 bits per heavy atom. The van der Waals surface area contributed by atoms with Crippen LogP contribution in [-0.4, -0.2) is 46.1 Å². The Morgan fingerprint density at radius 2 is 2.29 bits per heavy atom. The van der Waals surface area contributed by atoms with Crippen molar-refractivity contribution in [1.82, 2.24) is 9.91 Å². The number of hydrogen-bond donors (Lipinski definition) is 0. The molecule has 0 radical (unpaired) electrons. The smallest absolute Gasteiger partial charge is 0.400 e. The van der Waals surface area contributed by atoms with Crippen molar-refractivity contribution in [3.8, 4) is 6.07 Å². The Kier molecular flexibility index (Phi) is 3.94. The number of carbonyl (C=O) groups is 2. The van der Waals surface area contributed by atoms with Crippen molar-refractivity contribution in [3.05, 3.63) is 28.0 Å². The summed E-state index contributed by atoms with van der Waals surface area (Å²) in [6.45, 7) is -0.240. The summed E-state index contributed by atoms with van der Waals surface area (Å²) in [6.07, 6.45) is 1.14. The van der Waals surface area contributed by atoms with Crippen molar-refractivity contribution < 1.29 is 18.9 Å². The first-order valence-electron chi connectivity index (χ1n) is 5.80. The van der Waals surface area contributed by atoms with E-state index in [4.69, 9.17) is 9.68 Å². The minimum absolute atomic E-state index is 0.00636. The number of nitriles is 1. The van der Waals surface area contributed by atoms with Crippen LogP contribution >= 0.6 is 0 Å². The number of hydrazone groups is 1. The van der Waals surface area contributed by atoms with E-state index in [2.05, 4.69) is 5.10 Å². The standard InChI is InChI=1S/C11H9N5O5/c12-4-1-5-14-9(17)7-15(11(14)18)13-6-8-2-3-10(21-8)16(19)20/h2-3,6H,1,5,7H2. The lowest BCUT2D eigenvalue weighted by Crippen LogP contribution is -2.32. The maximum Gasteiger partial charge on any atom is 0.433 e. The van der Waals surface area contributed by atoms with Crippen LogP contribution in [0.1, 0.15) is 12.2 Å². The molecular weight excluding hydrogens is 282 g/mol. The molecule has 0 N–H and O–H groups in total. The Labute approximate surface area is 118 Å². The monoisotopic (exact) mass is 291 g/mol. The van der Waals surface area contributed by atoms with Gasteiger partial charge in [-0.1, -0.05) is 0 Å². The van der Waals surface area contributed by atoms with E-state index in [-0.39, 0.29) is 25.3 Å². The van der Waals surface area contributed by atoms with Gasteiger partial charge < -0.3 is 4.42 Å². The van der Waals surface area contributed by atoms with E-state index in [9.17, 15) is 19.7 Å². The van der Waals surface area contributed by atoms with Gasteiger partial charge in [0.1, 0.15) is 11.5 Å². The van der Waals surface area contributed by atoms with Gasteiger partial charge in [-0.05, 0) is 6.07 Å². The minimum atomic E-state index is -0.703. The van der Waals surface area contributed by atoms with Crippen molar-refractivity contribution in [2.75, 3.05) is 13.1 Å². The van der Waals surface area contributed by atoms with Crippen molar-refractivity contribution >= 4 is 24.0 Å². The average molecular weight is 291 g/mol. The highest BCUT2D eigenvalue weighted by Gasteiger charge is 2.35. The summed E-state index contributed by atoms with van der Waals surface area (Å²) in [5.41, 5.74) is 0. The van der Waals surface area contributed by atoms with Crippen LogP contribution in [0.2, 0.25) is 0 Å². The number of furan rings is 1. The summed E-state index contributed by atoms with van der Waals surface area (Å²) < 4.78 is 4.83. The zero-order chi connectivity index (χ0) is 15.4. The van der Waals surface area contributed by atoms with Crippen LogP contribution in [0.15, 0.2) is 21.7 Å². The third-order valence-corrected chi connectivity index (χ3v) is 2.60. The van der Waals surface area contributed by atoms with Gasteiger partial charge >= 0.3 is 11.9 Å². The molecule has 1 saturated heterocycles. The number of carbonyl (C=O) groups excluding carboxylic acids is 2. The van der Waals surface area contributed by atoms with Gasteiger partial charge in [0.15, 0.2) is 5.76 Å². The maximum atomic E-state index is 11.8. The molecule has 3 amide bonds. The van der Waals surface area contributed by atoms with Crippen LogP contribution in [0.4, 0.5) is 10.7 Å². The highest BCUT2D eigenvalue weighted by molar-refractivity contribution is 6.02. The first-order valence-corrected chi connectivity index (χ1v) is 5.80. The average Bonchev–Trinajstić information content (AvgIpc) is 3.01. The van der Waals surface area contributed by atoms with Crippen LogP contribution in [0.25, 0.3) is 0 Å². The molecule has 108 valence electrons. The number of urea groups is 1. The molecule has 1 aliphatic rings. The SMILES string of the molecule is N#CCCN1C(=O)CN(N=Cc2ccc([N+](=O)[O-])o2)C1=O. The van der Waals surface area contributed by atoms with Crippen LogP contribution in [0.5, 0.6) is 0 Å². The Bertz CT molecular complexity index is 658. The summed E-state index contributed by atoms with van der Waals surface area (Å²) in [5.74, 6) is -0.828. The highest BCUT2D eigenvalue weighted by atomic mass is 16.6. The summed E-state index contributed by atoms with van der Waals surface area (Å²) in [6, 6.07) is 3.66. The van der Waals surface area contributed by atoms with Gasteiger partial charge in [-0.15, -0.1) is 0 Å². The van der Waals surface area contributed by atoms with Gasteiger partial charge in [0.2, 0.25) is 0 Å². The van der Waals surface area contributed by atoms with Crippen LogP contribution < -0.4 is 0 Å². The zero-order valence-electron chi connectivity index (χ0n) is 10.6. The topological polar surface area (TPSA) is 133 Å². The lowest BCUT2D eigenvalue weighted by Gasteiger charge is -2.11. The number of nitrogens with zero attached hydrogens (tertiary/aromatic N) is 5. The number of rotatable bonds is 5. The van der Waals surface area contributed by atoms with E-state index in [1.807, 2.05) is 6.07 Å². The molecular formula is C11H9N5O5. The molecule has 1 fully saturated rings. The quantitative estimate of drug-likeness (QED) is 0.339. The summed E-state index contributed by atoms with van der Waals surface area (Å²) in [5, 5.41) is 23.5. The van der Waals surface area contributed by atoms with Crippen LogP contribution in [-0.2, 0) is 4.79 Å². The molecule has 0 spiro atoms. The summed E-state index contributed by atoms with van der Waals surface area (Å²) >= 11 is 0. The zero-order valence-corrected chi connectivity index (χ0v) is 10.6. The molecule has 10 nitrogen and oxygen atoms in total. The molecule has 0 aliphatic carbocycles. The fourth-order valence-electron chi connectivity index (χ4n) is 1.64. The third kappa shape index (κ3) is 3.03. The Hall–Kier alpha value is -3.22. The molecule has 1 aliphatic heterocycles. The van der Waals surface area contributed by atoms with Gasteiger partial charge in [-0.2, -0.15) is 10.4 Å². The molecule has 0 saturated carbocycles. The van der Waals surface area contributed by atoms with Crippen LogP contribution in [0, 0.1) is 21.4 Å². The molecule has 0 atom stereocenters. The first-order chi connectivity index (χ1) is 10.0. The van der Waals surface area contributed by atoms with Gasteiger partial charge in [-0.3, -0.25) is 19.8 Å². The van der Waals surface area contributed by atoms with E-state index in [0.29, 0.717) is 0 Å². The second-order valence-electron chi connectivity index (χ2n) is 3.97. The molecule has 1 aromatic rings. The van der Waals surface area contributed by atoms with E-state index in [1.165, 1.54) is 6.07 Å². The van der Waals surface area contributed by atoms with Gasteiger partial charge in [-0.25, -0.2) is 9.80 Å². The van der Waals surface area contributed by atoms with Crippen molar-refractivity contribution in [2.24, 2.45) is 5.10 Å². The molecule has 0 aromatic carbocycles. The van der Waals surface area contributed by atoms with Crippen LogP contribution in [0.3, 0.4) is 0 Å². The summed E-state index contributed by atoms with van der Waals surface area (Å²) in [7, 11) is 0. The molecule has 2 rings (SSSR count). The Morgan fingerprint density at radius 3 is 2.90 bits per heavy atom. The Balaban J connectivity index is 2.04. The molecule has 10 heteroatoms. The number of amides is 3. The second-order valence-corrected chi connectivity index (χ2v) is 3.97. The van der Waals surface area contributed by atoms with E-state index >= 15 is 0 Å².